The van der Waals surface area contributed by atoms with Crippen LogP contribution in [0.3, 0.4) is 0 Å². The first-order valence-corrected chi connectivity index (χ1v) is 8.33. The number of hydrogen-bond donors (Lipinski definition) is 0. The Morgan fingerprint density at radius 2 is 1.91 bits per heavy atom. The molecule has 0 nitrogen and oxygen atoms in total. The van der Waals surface area contributed by atoms with Gasteiger partial charge in [0.15, 0.2) is 0 Å². The van der Waals surface area contributed by atoms with E-state index in [1.807, 2.05) is 6.08 Å². The van der Waals surface area contributed by atoms with E-state index in [2.05, 4.69) is 42.3 Å². The Morgan fingerprint density at radius 3 is 2.36 bits per heavy atom. The first-order valence-electron chi connectivity index (χ1n) is 3.64. The fourth-order valence-corrected chi connectivity index (χ4v) is 3.30. The second-order valence-electron chi connectivity index (χ2n) is 2.66. The quantitative estimate of drug-likeness (QED) is 0.654. The van der Waals surface area contributed by atoms with E-state index >= 15 is 0 Å². The number of hydrogen-bond acceptors (Lipinski definition) is 0. The molecule has 0 saturated carbocycles. The molecule has 0 radical (unpaired) electrons. The summed E-state index contributed by atoms with van der Waals surface area (Å²) in [7, 11) is 0. The average molecular weight is 208 g/mol. The molecule has 0 aliphatic rings. The van der Waals surface area contributed by atoms with Gasteiger partial charge in [-0.05, 0) is 0 Å². The van der Waals surface area contributed by atoms with Crippen molar-refractivity contribution >= 4 is 25.1 Å². The molecule has 58 valence electrons. The molecule has 1 heteroatoms. The molecule has 1 aromatic rings. The van der Waals surface area contributed by atoms with Crippen LogP contribution in [0.4, 0.5) is 0 Å². The summed E-state index contributed by atoms with van der Waals surface area (Å²) in [5, 5.41) is 0. The summed E-state index contributed by atoms with van der Waals surface area (Å²) in [5.41, 5.74) is 6.00. The molecule has 11 heavy (non-hydrogen) atoms. The van der Waals surface area contributed by atoms with Crippen LogP contribution in [0.15, 0.2) is 30.8 Å². The van der Waals surface area contributed by atoms with E-state index in [9.17, 15) is 0 Å². The Balaban J connectivity index is 3.12. The van der Waals surface area contributed by atoms with Crippen LogP contribution in [0.5, 0.6) is 0 Å². The van der Waals surface area contributed by atoms with Crippen molar-refractivity contribution < 1.29 is 0 Å². The van der Waals surface area contributed by atoms with E-state index in [-0.39, 0.29) is 0 Å². The molecule has 0 amide bonds. The summed E-state index contributed by atoms with van der Waals surface area (Å²) in [6.07, 6.45) is 1.95. The average Bonchev–Trinajstić information content (AvgIpc) is 2.04. The van der Waals surface area contributed by atoms with Gasteiger partial charge in [0.1, 0.15) is 0 Å². The van der Waals surface area contributed by atoms with Crippen LogP contribution in [0.2, 0.25) is 11.4 Å². The van der Waals surface area contributed by atoms with Gasteiger partial charge in [-0.25, -0.2) is 0 Å². The van der Waals surface area contributed by atoms with Crippen LogP contribution in [0.25, 0.3) is 6.08 Å². The third kappa shape index (κ3) is 1.97. The van der Waals surface area contributed by atoms with Crippen molar-refractivity contribution in [2.45, 2.75) is 11.4 Å². The van der Waals surface area contributed by atoms with Gasteiger partial charge in [-0.15, -0.1) is 0 Å². The van der Waals surface area contributed by atoms with Crippen molar-refractivity contribution in [3.63, 3.8) is 0 Å². The van der Waals surface area contributed by atoms with Crippen LogP contribution < -0.4 is 4.35 Å². The molecule has 0 aliphatic carbocycles. The van der Waals surface area contributed by atoms with E-state index in [4.69, 9.17) is 0 Å². The molecule has 0 N–H and O–H groups in total. The molecule has 1 rings (SSSR count). The zero-order valence-corrected chi connectivity index (χ0v) is 8.92. The normalized spacial score (nSPS) is 10.1. The van der Waals surface area contributed by atoms with Crippen molar-refractivity contribution in [2.75, 3.05) is 0 Å². The molecule has 0 bridgehead atoms. The van der Waals surface area contributed by atoms with E-state index in [0.717, 1.165) is 0 Å². The van der Waals surface area contributed by atoms with Crippen LogP contribution >= 0.6 is 0 Å². The molecule has 0 aromatic heterocycles. The summed E-state index contributed by atoms with van der Waals surface area (Å²) < 4.78 is 1.52. The Hall–Kier alpha value is -0.482. The molecule has 0 unspecified atom stereocenters. The zero-order valence-electron chi connectivity index (χ0n) is 7.04. The van der Waals surface area contributed by atoms with Gasteiger partial charge in [-0.2, -0.15) is 0 Å². The van der Waals surface area contributed by atoms with Gasteiger partial charge in [-0.3, -0.25) is 0 Å². The molecule has 0 spiro atoms. The SMILES string of the molecule is C=Cc1ccccc1[As](C)C. The van der Waals surface area contributed by atoms with Crippen molar-refractivity contribution in [3.05, 3.63) is 36.4 Å². The second-order valence-corrected chi connectivity index (χ2v) is 7.42. The van der Waals surface area contributed by atoms with Crippen molar-refractivity contribution in [1.29, 1.82) is 0 Å². The summed E-state index contributed by atoms with van der Waals surface area (Å²) in [4.78, 5) is 0. The number of rotatable bonds is 2. The standard InChI is InChI=1S/C10H13As/c1-4-9-7-5-6-8-10(9)11(2)3/h4-8H,1H2,2-3H3. The second kappa shape index (κ2) is 3.78. The van der Waals surface area contributed by atoms with Crippen LogP contribution in [-0.2, 0) is 0 Å². The van der Waals surface area contributed by atoms with Gasteiger partial charge < -0.3 is 0 Å². The van der Waals surface area contributed by atoms with Crippen LogP contribution in [0, 0.1) is 0 Å². The molecule has 0 atom stereocenters. The van der Waals surface area contributed by atoms with Gasteiger partial charge in [-0.1, -0.05) is 0 Å². The monoisotopic (exact) mass is 208 g/mol. The molecule has 0 aliphatic heterocycles. The van der Waals surface area contributed by atoms with Crippen molar-refractivity contribution in [3.8, 4) is 0 Å². The first-order chi connectivity index (χ1) is 5.25. The molecule has 0 saturated heterocycles. The fourth-order valence-electron chi connectivity index (χ4n) is 1.07. The van der Waals surface area contributed by atoms with Gasteiger partial charge in [0.05, 0.1) is 0 Å². The topological polar surface area (TPSA) is 0 Å². The summed E-state index contributed by atoms with van der Waals surface area (Å²) in [6.45, 7) is 3.80. The predicted molar refractivity (Wildman–Crippen MR) is 53.6 cm³/mol. The predicted octanol–water partition coefficient (Wildman–Crippen LogP) is 2.29. The summed E-state index contributed by atoms with van der Waals surface area (Å²) in [6, 6.07) is 8.53. The Kier molecular flexibility index (Phi) is 2.96. The number of benzene rings is 1. The maximum atomic E-state index is 3.80. The summed E-state index contributed by atoms with van der Waals surface area (Å²) >= 11 is -0.719. The van der Waals surface area contributed by atoms with Crippen LogP contribution in [0.1, 0.15) is 5.56 Å². The van der Waals surface area contributed by atoms with E-state index in [1.54, 1.807) is 0 Å². The Labute approximate surface area is 73.2 Å². The zero-order chi connectivity index (χ0) is 8.27. The van der Waals surface area contributed by atoms with E-state index in [1.165, 1.54) is 9.91 Å². The molecule has 0 fully saturated rings. The molecular weight excluding hydrogens is 195 g/mol. The van der Waals surface area contributed by atoms with Gasteiger partial charge in [0, 0.05) is 0 Å². The third-order valence-electron chi connectivity index (χ3n) is 1.64. The van der Waals surface area contributed by atoms with E-state index in [0.29, 0.717) is 0 Å². The fraction of sp³-hybridized carbons (Fsp3) is 0.200. The van der Waals surface area contributed by atoms with Crippen molar-refractivity contribution in [2.24, 2.45) is 0 Å². The molecular formula is C10H13As. The third-order valence-corrected chi connectivity index (χ3v) is 4.51. The first kappa shape index (κ1) is 8.61. The summed E-state index contributed by atoms with van der Waals surface area (Å²) in [5.74, 6) is 0. The van der Waals surface area contributed by atoms with Crippen LogP contribution in [-0.4, -0.2) is 14.7 Å². The van der Waals surface area contributed by atoms with Gasteiger partial charge in [0.2, 0.25) is 0 Å². The van der Waals surface area contributed by atoms with E-state index < -0.39 is 14.7 Å². The van der Waals surface area contributed by atoms with Crippen molar-refractivity contribution in [1.82, 2.24) is 0 Å². The van der Waals surface area contributed by atoms with Gasteiger partial charge in [0.25, 0.3) is 0 Å². The molecule has 0 heterocycles. The Bertz CT molecular complexity index is 251. The minimum absolute atomic E-state index is 0.719. The van der Waals surface area contributed by atoms with Gasteiger partial charge >= 0.3 is 72.9 Å². The molecule has 1 aromatic carbocycles. The maximum absolute atomic E-state index is 3.80. The Morgan fingerprint density at radius 1 is 1.27 bits per heavy atom. The minimum atomic E-state index is -0.719.